The molecule has 2 aliphatic rings. The van der Waals surface area contributed by atoms with Crippen molar-refractivity contribution in [2.45, 2.75) is 45.7 Å². The first-order valence-corrected chi connectivity index (χ1v) is 6.19. The fourth-order valence-corrected chi connectivity index (χ4v) is 2.71. The standard InChI is InChI=1S/C12H22N2O/c1-9-3-5-11(6-4-9)8-14-10(2)13-7-12(14)15/h9-11,13H,3-8H2,1-2H3. The van der Waals surface area contributed by atoms with Gasteiger partial charge in [0, 0.05) is 6.54 Å². The fraction of sp³-hybridized carbons (Fsp3) is 0.917. The zero-order valence-electron chi connectivity index (χ0n) is 9.83. The minimum atomic E-state index is 0.247. The quantitative estimate of drug-likeness (QED) is 0.750. The van der Waals surface area contributed by atoms with Crippen LogP contribution in [0.4, 0.5) is 0 Å². The average Bonchev–Trinajstić information content (AvgIpc) is 2.53. The Hall–Kier alpha value is -0.570. The van der Waals surface area contributed by atoms with Crippen LogP contribution in [0.2, 0.25) is 0 Å². The van der Waals surface area contributed by atoms with E-state index < -0.39 is 0 Å². The third kappa shape index (κ3) is 2.51. The Morgan fingerprint density at radius 2 is 1.93 bits per heavy atom. The van der Waals surface area contributed by atoms with Crippen LogP contribution in [0.5, 0.6) is 0 Å². The van der Waals surface area contributed by atoms with Crippen LogP contribution in [0.1, 0.15) is 39.5 Å². The van der Waals surface area contributed by atoms with Crippen LogP contribution < -0.4 is 5.32 Å². The summed E-state index contributed by atoms with van der Waals surface area (Å²) in [6.07, 6.45) is 5.54. The largest absolute Gasteiger partial charge is 0.326 e. The Labute approximate surface area is 92.2 Å². The van der Waals surface area contributed by atoms with E-state index in [0.717, 1.165) is 18.4 Å². The molecule has 1 amide bonds. The molecule has 3 nitrogen and oxygen atoms in total. The van der Waals surface area contributed by atoms with Crippen molar-refractivity contribution in [3.05, 3.63) is 0 Å². The van der Waals surface area contributed by atoms with Gasteiger partial charge in [0.15, 0.2) is 0 Å². The van der Waals surface area contributed by atoms with Gasteiger partial charge in [-0.15, -0.1) is 0 Å². The van der Waals surface area contributed by atoms with E-state index >= 15 is 0 Å². The van der Waals surface area contributed by atoms with Gasteiger partial charge in [-0.25, -0.2) is 0 Å². The van der Waals surface area contributed by atoms with E-state index in [1.54, 1.807) is 0 Å². The van der Waals surface area contributed by atoms with E-state index in [1.807, 2.05) is 4.90 Å². The minimum Gasteiger partial charge on any atom is -0.326 e. The molecule has 2 fully saturated rings. The van der Waals surface area contributed by atoms with Crippen LogP contribution in [0, 0.1) is 11.8 Å². The van der Waals surface area contributed by atoms with Crippen LogP contribution in [-0.2, 0) is 4.79 Å². The highest BCUT2D eigenvalue weighted by molar-refractivity contribution is 5.80. The monoisotopic (exact) mass is 210 g/mol. The molecule has 0 aromatic heterocycles. The van der Waals surface area contributed by atoms with Crippen molar-refractivity contribution < 1.29 is 4.79 Å². The van der Waals surface area contributed by atoms with E-state index in [0.29, 0.717) is 6.54 Å². The number of carbonyl (C=O) groups excluding carboxylic acids is 1. The lowest BCUT2D eigenvalue weighted by atomic mass is 9.83. The molecule has 0 aromatic carbocycles. The molecule has 1 saturated carbocycles. The molecule has 1 heterocycles. The molecule has 3 heteroatoms. The van der Waals surface area contributed by atoms with Crippen molar-refractivity contribution >= 4 is 5.91 Å². The molecule has 1 N–H and O–H groups in total. The molecule has 15 heavy (non-hydrogen) atoms. The van der Waals surface area contributed by atoms with Gasteiger partial charge in [-0.05, 0) is 31.6 Å². The SMILES string of the molecule is CC1CCC(CN2C(=O)CNC2C)CC1. The Kier molecular flexibility index (Phi) is 3.29. The van der Waals surface area contributed by atoms with E-state index in [1.165, 1.54) is 25.7 Å². The second kappa shape index (κ2) is 4.52. The van der Waals surface area contributed by atoms with E-state index in [-0.39, 0.29) is 12.1 Å². The first kappa shape index (κ1) is 10.9. The van der Waals surface area contributed by atoms with Gasteiger partial charge >= 0.3 is 0 Å². The van der Waals surface area contributed by atoms with Gasteiger partial charge in [0.05, 0.1) is 12.7 Å². The average molecular weight is 210 g/mol. The molecule has 0 bridgehead atoms. The summed E-state index contributed by atoms with van der Waals surface area (Å²) in [7, 11) is 0. The highest BCUT2D eigenvalue weighted by Crippen LogP contribution is 2.29. The molecule has 1 saturated heterocycles. The molecule has 1 aliphatic carbocycles. The number of rotatable bonds is 2. The summed E-state index contributed by atoms with van der Waals surface area (Å²) in [6.45, 7) is 5.92. The van der Waals surface area contributed by atoms with E-state index in [4.69, 9.17) is 0 Å². The zero-order chi connectivity index (χ0) is 10.8. The molecule has 1 aliphatic heterocycles. The van der Waals surface area contributed by atoms with Crippen LogP contribution in [-0.4, -0.2) is 30.1 Å². The number of hydrogen-bond donors (Lipinski definition) is 1. The summed E-state index contributed by atoms with van der Waals surface area (Å²) in [4.78, 5) is 13.6. The first-order valence-electron chi connectivity index (χ1n) is 6.19. The predicted molar refractivity (Wildman–Crippen MR) is 60.3 cm³/mol. The van der Waals surface area contributed by atoms with Crippen LogP contribution in [0.3, 0.4) is 0 Å². The van der Waals surface area contributed by atoms with Crippen molar-refractivity contribution in [2.75, 3.05) is 13.1 Å². The topological polar surface area (TPSA) is 32.3 Å². The molecule has 1 unspecified atom stereocenters. The van der Waals surface area contributed by atoms with Crippen molar-refractivity contribution in [2.24, 2.45) is 11.8 Å². The zero-order valence-corrected chi connectivity index (χ0v) is 9.83. The van der Waals surface area contributed by atoms with Crippen LogP contribution in [0.15, 0.2) is 0 Å². The molecule has 0 radical (unpaired) electrons. The Balaban J connectivity index is 1.83. The number of nitrogens with zero attached hydrogens (tertiary/aromatic N) is 1. The third-order valence-corrected chi connectivity index (χ3v) is 3.93. The Bertz CT molecular complexity index is 234. The maximum atomic E-state index is 11.6. The maximum absolute atomic E-state index is 11.6. The third-order valence-electron chi connectivity index (χ3n) is 3.93. The molecular weight excluding hydrogens is 188 g/mol. The second-order valence-electron chi connectivity index (χ2n) is 5.23. The summed E-state index contributed by atoms with van der Waals surface area (Å²) in [5.41, 5.74) is 0. The van der Waals surface area contributed by atoms with Gasteiger partial charge in [0.1, 0.15) is 0 Å². The number of carbonyl (C=O) groups is 1. The molecular formula is C12H22N2O. The summed E-state index contributed by atoms with van der Waals surface area (Å²) in [6, 6.07) is 0. The predicted octanol–water partition coefficient (Wildman–Crippen LogP) is 1.59. The van der Waals surface area contributed by atoms with Gasteiger partial charge in [-0.1, -0.05) is 19.8 Å². The lowest BCUT2D eigenvalue weighted by molar-refractivity contribution is -0.128. The Morgan fingerprint density at radius 1 is 1.27 bits per heavy atom. The van der Waals surface area contributed by atoms with Gasteiger partial charge < -0.3 is 4.90 Å². The van der Waals surface area contributed by atoms with Gasteiger partial charge in [-0.3, -0.25) is 10.1 Å². The number of amides is 1. The van der Waals surface area contributed by atoms with Crippen molar-refractivity contribution in [3.8, 4) is 0 Å². The van der Waals surface area contributed by atoms with Crippen molar-refractivity contribution in [1.29, 1.82) is 0 Å². The van der Waals surface area contributed by atoms with Crippen molar-refractivity contribution in [3.63, 3.8) is 0 Å². The smallest absolute Gasteiger partial charge is 0.237 e. The summed E-state index contributed by atoms with van der Waals surface area (Å²) < 4.78 is 0. The summed E-state index contributed by atoms with van der Waals surface area (Å²) in [5.74, 6) is 1.92. The lowest BCUT2D eigenvalue weighted by Crippen LogP contribution is -2.39. The van der Waals surface area contributed by atoms with E-state index in [9.17, 15) is 4.79 Å². The Morgan fingerprint density at radius 3 is 2.47 bits per heavy atom. The highest BCUT2D eigenvalue weighted by atomic mass is 16.2. The maximum Gasteiger partial charge on any atom is 0.237 e. The molecule has 2 rings (SSSR count). The first-order chi connectivity index (χ1) is 7.16. The van der Waals surface area contributed by atoms with Crippen LogP contribution >= 0.6 is 0 Å². The molecule has 0 spiro atoms. The second-order valence-corrected chi connectivity index (χ2v) is 5.23. The van der Waals surface area contributed by atoms with Crippen molar-refractivity contribution in [1.82, 2.24) is 10.2 Å². The molecule has 0 aromatic rings. The lowest BCUT2D eigenvalue weighted by Gasteiger charge is -2.31. The normalized spacial score (nSPS) is 37.3. The molecule has 86 valence electrons. The van der Waals surface area contributed by atoms with Gasteiger partial charge in [0.2, 0.25) is 5.91 Å². The summed E-state index contributed by atoms with van der Waals surface area (Å²) in [5, 5.41) is 3.19. The number of nitrogens with one attached hydrogen (secondary N) is 1. The van der Waals surface area contributed by atoms with E-state index in [2.05, 4.69) is 19.2 Å². The van der Waals surface area contributed by atoms with Gasteiger partial charge in [-0.2, -0.15) is 0 Å². The number of hydrogen-bond acceptors (Lipinski definition) is 2. The molecule has 1 atom stereocenters. The fourth-order valence-electron chi connectivity index (χ4n) is 2.71. The van der Waals surface area contributed by atoms with Gasteiger partial charge in [0.25, 0.3) is 0 Å². The minimum absolute atomic E-state index is 0.247. The summed E-state index contributed by atoms with van der Waals surface area (Å²) >= 11 is 0. The van der Waals surface area contributed by atoms with Crippen LogP contribution in [0.25, 0.3) is 0 Å². The highest BCUT2D eigenvalue weighted by Gasteiger charge is 2.30.